The third kappa shape index (κ3) is 3.26. The monoisotopic (exact) mass is 343 g/mol. The summed E-state index contributed by atoms with van der Waals surface area (Å²) in [5, 5.41) is 0.0869. The van der Waals surface area contributed by atoms with E-state index >= 15 is 0 Å². The van der Waals surface area contributed by atoms with E-state index < -0.39 is 5.82 Å². The summed E-state index contributed by atoms with van der Waals surface area (Å²) in [5.74, 6) is 0.208. The molecule has 2 aromatic rings. The third-order valence-corrected chi connectivity index (χ3v) is 3.72. The fourth-order valence-corrected chi connectivity index (χ4v) is 2.39. The van der Waals surface area contributed by atoms with Gasteiger partial charge in [0.25, 0.3) is 0 Å². The standard InChI is InChI=1S/C14H12BrClFNO/c15-11-5-1-3-9(7-18)14(11)19-8-10-4-2-6-12(17)13(10)16/h1-6H,7-8,18H2. The highest BCUT2D eigenvalue weighted by Crippen LogP contribution is 2.30. The van der Waals surface area contributed by atoms with Gasteiger partial charge in [-0.1, -0.05) is 35.9 Å². The van der Waals surface area contributed by atoms with Crippen LogP contribution in [0, 0.1) is 5.82 Å². The Balaban J connectivity index is 2.21. The first-order chi connectivity index (χ1) is 9.13. The van der Waals surface area contributed by atoms with Gasteiger partial charge in [0.15, 0.2) is 0 Å². The lowest BCUT2D eigenvalue weighted by molar-refractivity contribution is 0.300. The van der Waals surface area contributed by atoms with Gasteiger partial charge in [-0.05, 0) is 28.1 Å². The molecule has 0 heterocycles. The van der Waals surface area contributed by atoms with Crippen LogP contribution in [-0.4, -0.2) is 0 Å². The van der Waals surface area contributed by atoms with E-state index in [9.17, 15) is 4.39 Å². The van der Waals surface area contributed by atoms with Gasteiger partial charge in [-0.2, -0.15) is 0 Å². The summed E-state index contributed by atoms with van der Waals surface area (Å²) in [4.78, 5) is 0. The van der Waals surface area contributed by atoms with Crippen molar-refractivity contribution in [3.8, 4) is 5.75 Å². The van der Waals surface area contributed by atoms with Crippen LogP contribution in [0.1, 0.15) is 11.1 Å². The average Bonchev–Trinajstić information content (AvgIpc) is 2.41. The Morgan fingerprint density at radius 2 is 1.84 bits per heavy atom. The average molecular weight is 345 g/mol. The molecule has 0 aliphatic carbocycles. The van der Waals surface area contributed by atoms with Crippen molar-refractivity contribution in [3.63, 3.8) is 0 Å². The van der Waals surface area contributed by atoms with Crippen LogP contribution in [-0.2, 0) is 13.2 Å². The normalized spacial score (nSPS) is 10.5. The van der Waals surface area contributed by atoms with Crippen molar-refractivity contribution in [1.29, 1.82) is 0 Å². The second kappa shape index (κ2) is 6.37. The summed E-state index contributed by atoms with van der Waals surface area (Å²) >= 11 is 9.29. The first-order valence-electron chi connectivity index (χ1n) is 5.66. The van der Waals surface area contributed by atoms with Crippen LogP contribution < -0.4 is 10.5 Å². The number of rotatable bonds is 4. The second-order valence-corrected chi connectivity index (χ2v) is 5.17. The van der Waals surface area contributed by atoms with Gasteiger partial charge in [0.1, 0.15) is 18.2 Å². The molecule has 0 fully saturated rings. The lowest BCUT2D eigenvalue weighted by Gasteiger charge is -2.13. The quantitative estimate of drug-likeness (QED) is 0.898. The fourth-order valence-electron chi connectivity index (χ4n) is 1.69. The molecule has 0 amide bonds. The van der Waals surface area contributed by atoms with Crippen molar-refractivity contribution in [2.24, 2.45) is 5.73 Å². The number of hydrogen-bond donors (Lipinski definition) is 1. The number of halogens is 3. The number of hydrogen-bond acceptors (Lipinski definition) is 2. The Morgan fingerprint density at radius 3 is 2.58 bits per heavy atom. The van der Waals surface area contributed by atoms with Crippen molar-refractivity contribution in [2.45, 2.75) is 13.2 Å². The molecule has 0 aliphatic rings. The van der Waals surface area contributed by atoms with Crippen LogP contribution in [0.3, 0.4) is 0 Å². The highest BCUT2D eigenvalue weighted by molar-refractivity contribution is 9.10. The van der Waals surface area contributed by atoms with Gasteiger partial charge >= 0.3 is 0 Å². The molecule has 2 aromatic carbocycles. The minimum atomic E-state index is -0.450. The predicted octanol–water partition coefficient (Wildman–Crippen LogP) is 4.28. The summed E-state index contributed by atoms with van der Waals surface area (Å²) in [7, 11) is 0. The zero-order valence-corrected chi connectivity index (χ0v) is 12.3. The van der Waals surface area contributed by atoms with Crippen LogP contribution in [0.2, 0.25) is 5.02 Å². The van der Waals surface area contributed by atoms with Gasteiger partial charge in [0.2, 0.25) is 0 Å². The fraction of sp³-hybridized carbons (Fsp3) is 0.143. The maximum absolute atomic E-state index is 13.3. The first kappa shape index (κ1) is 14.3. The topological polar surface area (TPSA) is 35.2 Å². The Hall–Kier alpha value is -1.10. The summed E-state index contributed by atoms with van der Waals surface area (Å²) in [6.45, 7) is 0.553. The van der Waals surface area contributed by atoms with E-state index in [0.717, 1.165) is 10.0 Å². The maximum atomic E-state index is 13.3. The Bertz CT molecular complexity index is 592. The van der Waals surface area contributed by atoms with Crippen LogP contribution in [0.5, 0.6) is 5.75 Å². The van der Waals surface area contributed by atoms with Crippen molar-refractivity contribution in [2.75, 3.05) is 0 Å². The van der Waals surface area contributed by atoms with Crippen molar-refractivity contribution in [1.82, 2.24) is 0 Å². The summed E-state index contributed by atoms with van der Waals surface area (Å²) < 4.78 is 19.8. The van der Waals surface area contributed by atoms with Gasteiger partial charge in [-0.3, -0.25) is 0 Å². The molecule has 0 spiro atoms. The summed E-state index contributed by atoms with van der Waals surface area (Å²) in [6, 6.07) is 10.3. The molecule has 0 radical (unpaired) electrons. The summed E-state index contributed by atoms with van der Waals surface area (Å²) in [5.41, 5.74) is 7.13. The predicted molar refractivity (Wildman–Crippen MR) is 77.8 cm³/mol. The molecule has 0 atom stereocenters. The van der Waals surface area contributed by atoms with Gasteiger partial charge in [0, 0.05) is 17.7 Å². The Kier molecular flexibility index (Phi) is 4.80. The largest absolute Gasteiger partial charge is 0.487 e. The van der Waals surface area contributed by atoms with Crippen molar-refractivity contribution >= 4 is 27.5 Å². The maximum Gasteiger partial charge on any atom is 0.142 e. The van der Waals surface area contributed by atoms with E-state index in [0.29, 0.717) is 17.9 Å². The van der Waals surface area contributed by atoms with Crippen LogP contribution in [0.4, 0.5) is 4.39 Å². The zero-order valence-electron chi connectivity index (χ0n) is 10.00. The molecule has 2 N–H and O–H groups in total. The lowest BCUT2D eigenvalue weighted by atomic mass is 10.2. The van der Waals surface area contributed by atoms with E-state index in [2.05, 4.69) is 15.9 Å². The van der Waals surface area contributed by atoms with Crippen molar-refractivity contribution in [3.05, 3.63) is 62.8 Å². The van der Waals surface area contributed by atoms with E-state index in [1.165, 1.54) is 6.07 Å². The molecule has 5 heteroatoms. The van der Waals surface area contributed by atoms with Crippen LogP contribution in [0.15, 0.2) is 40.9 Å². The molecule has 100 valence electrons. The zero-order chi connectivity index (χ0) is 13.8. The molecule has 0 bridgehead atoms. The van der Waals surface area contributed by atoms with Gasteiger partial charge < -0.3 is 10.5 Å². The molecule has 2 rings (SSSR count). The number of nitrogens with two attached hydrogens (primary N) is 1. The molecule has 0 saturated carbocycles. The van der Waals surface area contributed by atoms with Crippen molar-refractivity contribution < 1.29 is 9.13 Å². The molecule has 0 saturated heterocycles. The highest BCUT2D eigenvalue weighted by atomic mass is 79.9. The van der Waals surface area contributed by atoms with E-state index in [-0.39, 0.29) is 11.6 Å². The summed E-state index contributed by atoms with van der Waals surface area (Å²) in [6.07, 6.45) is 0. The third-order valence-electron chi connectivity index (χ3n) is 2.67. The number of para-hydroxylation sites is 1. The van der Waals surface area contributed by atoms with E-state index in [4.69, 9.17) is 22.1 Å². The smallest absolute Gasteiger partial charge is 0.142 e. The molecule has 0 unspecified atom stereocenters. The van der Waals surface area contributed by atoms with Crippen LogP contribution >= 0.6 is 27.5 Å². The Labute approximate surface area is 124 Å². The SMILES string of the molecule is NCc1cccc(Br)c1OCc1cccc(F)c1Cl. The number of ether oxygens (including phenoxy) is 1. The molecule has 0 aliphatic heterocycles. The minimum absolute atomic E-state index is 0.0869. The molecular weight excluding hydrogens is 333 g/mol. The van der Waals surface area contributed by atoms with Gasteiger partial charge in [-0.25, -0.2) is 4.39 Å². The van der Waals surface area contributed by atoms with Crippen LogP contribution in [0.25, 0.3) is 0 Å². The molecule has 2 nitrogen and oxygen atoms in total. The second-order valence-electron chi connectivity index (χ2n) is 3.93. The lowest BCUT2D eigenvalue weighted by Crippen LogP contribution is -2.04. The highest BCUT2D eigenvalue weighted by Gasteiger charge is 2.10. The molecule has 0 aromatic heterocycles. The minimum Gasteiger partial charge on any atom is -0.487 e. The first-order valence-corrected chi connectivity index (χ1v) is 6.83. The molecular formula is C14H12BrClFNO. The van der Waals surface area contributed by atoms with E-state index in [1.54, 1.807) is 12.1 Å². The Morgan fingerprint density at radius 1 is 1.16 bits per heavy atom. The van der Waals surface area contributed by atoms with Gasteiger partial charge in [0.05, 0.1) is 9.50 Å². The number of benzene rings is 2. The molecule has 19 heavy (non-hydrogen) atoms. The van der Waals surface area contributed by atoms with Gasteiger partial charge in [-0.15, -0.1) is 0 Å². The van der Waals surface area contributed by atoms with E-state index in [1.807, 2.05) is 18.2 Å².